The molecule has 0 atom stereocenters. The molecule has 0 amide bonds. The molecule has 0 saturated heterocycles. The summed E-state index contributed by atoms with van der Waals surface area (Å²) in [6.07, 6.45) is 0. The average Bonchev–Trinajstić information content (AvgIpc) is 3.03. The van der Waals surface area contributed by atoms with Crippen molar-refractivity contribution in [3.05, 3.63) is 35.2 Å². The van der Waals surface area contributed by atoms with Crippen molar-refractivity contribution in [2.75, 3.05) is 6.79 Å². The van der Waals surface area contributed by atoms with Crippen molar-refractivity contribution < 1.29 is 9.47 Å². The lowest BCUT2D eigenvalue weighted by molar-refractivity contribution is 0.174. The van der Waals surface area contributed by atoms with Crippen LogP contribution in [0.25, 0.3) is 17.0 Å². The van der Waals surface area contributed by atoms with E-state index in [0.29, 0.717) is 22.4 Å². The third-order valence-electron chi connectivity index (χ3n) is 3.16. The molecule has 0 N–H and O–H groups in total. The molecule has 1 aliphatic heterocycles. The first kappa shape index (κ1) is 11.5. The number of hydrogen-bond acceptors (Lipinski definition) is 5. The highest BCUT2D eigenvalue weighted by Gasteiger charge is 2.17. The highest BCUT2D eigenvalue weighted by Crippen LogP contribution is 2.35. The minimum absolute atomic E-state index is 0.246. The summed E-state index contributed by atoms with van der Waals surface area (Å²) >= 11 is 5.93. The van der Waals surface area contributed by atoms with Gasteiger partial charge in [0.1, 0.15) is 11.0 Å². The van der Waals surface area contributed by atoms with E-state index in [4.69, 9.17) is 21.1 Å². The molecule has 20 heavy (non-hydrogen) atoms. The van der Waals surface area contributed by atoms with Gasteiger partial charge in [-0.15, -0.1) is 10.2 Å². The van der Waals surface area contributed by atoms with E-state index in [1.165, 1.54) is 0 Å². The van der Waals surface area contributed by atoms with E-state index < -0.39 is 0 Å². The topological polar surface area (TPSA) is 61.5 Å². The third kappa shape index (κ3) is 1.61. The molecule has 3 aromatic rings. The molecule has 2 aromatic heterocycles. The molecule has 0 unspecified atom stereocenters. The molecule has 0 radical (unpaired) electrons. The fourth-order valence-electron chi connectivity index (χ4n) is 2.27. The summed E-state index contributed by atoms with van der Waals surface area (Å²) in [5, 5.41) is 8.74. The maximum Gasteiger partial charge on any atom is 0.231 e. The molecule has 100 valence electrons. The third-order valence-corrected chi connectivity index (χ3v) is 3.35. The van der Waals surface area contributed by atoms with Gasteiger partial charge in [-0.1, -0.05) is 11.6 Å². The highest BCUT2D eigenvalue weighted by molar-refractivity contribution is 6.29. The Balaban J connectivity index is 1.94. The molecule has 4 rings (SSSR count). The number of aromatic nitrogens is 4. The largest absolute Gasteiger partial charge is 0.454 e. The van der Waals surface area contributed by atoms with Crippen molar-refractivity contribution in [1.82, 2.24) is 19.6 Å². The molecule has 0 saturated carbocycles. The summed E-state index contributed by atoms with van der Waals surface area (Å²) in [5.74, 6) is 2.87. The van der Waals surface area contributed by atoms with Gasteiger partial charge in [-0.25, -0.2) is 4.98 Å². The van der Waals surface area contributed by atoms with E-state index in [1.807, 2.05) is 29.5 Å². The van der Waals surface area contributed by atoms with Gasteiger partial charge in [0.15, 0.2) is 23.0 Å². The van der Waals surface area contributed by atoms with Gasteiger partial charge in [-0.05, 0) is 25.1 Å². The summed E-state index contributed by atoms with van der Waals surface area (Å²) in [6.45, 7) is 2.11. The molecule has 6 nitrogen and oxygen atoms in total. The number of aryl methyl sites for hydroxylation is 1. The second-order valence-corrected chi connectivity index (χ2v) is 4.80. The Bertz CT molecular complexity index is 831. The van der Waals surface area contributed by atoms with E-state index in [-0.39, 0.29) is 6.79 Å². The van der Waals surface area contributed by atoms with Crippen LogP contribution in [0, 0.1) is 6.92 Å². The minimum Gasteiger partial charge on any atom is -0.454 e. The van der Waals surface area contributed by atoms with Crippen molar-refractivity contribution in [3.63, 3.8) is 0 Å². The van der Waals surface area contributed by atoms with E-state index >= 15 is 0 Å². The van der Waals surface area contributed by atoms with Gasteiger partial charge in [0.2, 0.25) is 6.79 Å². The number of fused-ring (bicyclic) bond motifs is 2. The van der Waals surface area contributed by atoms with Gasteiger partial charge in [0.05, 0.1) is 0 Å². The SMILES string of the molecule is Cc1nc(Cl)cc2nnc(-c3ccc4c(c3)OCO4)n12. The number of hydrogen-bond donors (Lipinski definition) is 0. The van der Waals surface area contributed by atoms with Crippen molar-refractivity contribution >= 4 is 17.2 Å². The normalized spacial score (nSPS) is 13.1. The van der Waals surface area contributed by atoms with Crippen LogP contribution in [0.5, 0.6) is 11.5 Å². The molecule has 3 heterocycles. The van der Waals surface area contributed by atoms with Crippen LogP contribution in [0.15, 0.2) is 24.3 Å². The van der Waals surface area contributed by atoms with E-state index in [9.17, 15) is 0 Å². The number of halogens is 1. The summed E-state index contributed by atoms with van der Waals surface area (Å²) in [7, 11) is 0. The summed E-state index contributed by atoms with van der Waals surface area (Å²) in [5.41, 5.74) is 1.55. The zero-order chi connectivity index (χ0) is 13.7. The zero-order valence-corrected chi connectivity index (χ0v) is 11.3. The second kappa shape index (κ2) is 4.08. The molecule has 7 heteroatoms. The quantitative estimate of drug-likeness (QED) is 0.644. The van der Waals surface area contributed by atoms with Crippen LogP contribution in [0.4, 0.5) is 0 Å². The molecule has 0 bridgehead atoms. The predicted octanol–water partition coefficient (Wildman–Crippen LogP) is 2.48. The fraction of sp³-hybridized carbons (Fsp3) is 0.154. The molecule has 0 fully saturated rings. The first-order chi connectivity index (χ1) is 9.72. The summed E-state index contributed by atoms with van der Waals surface area (Å²) in [6, 6.07) is 7.33. The van der Waals surface area contributed by atoms with Crippen molar-refractivity contribution in [2.45, 2.75) is 6.92 Å². The molecule has 1 aromatic carbocycles. The van der Waals surface area contributed by atoms with Gasteiger partial charge < -0.3 is 9.47 Å². The van der Waals surface area contributed by atoms with Crippen LogP contribution in [-0.2, 0) is 0 Å². The highest BCUT2D eigenvalue weighted by atomic mass is 35.5. The first-order valence-corrected chi connectivity index (χ1v) is 6.38. The van der Waals surface area contributed by atoms with E-state index in [1.54, 1.807) is 6.07 Å². The Morgan fingerprint density at radius 1 is 1.15 bits per heavy atom. The van der Waals surface area contributed by atoms with E-state index in [0.717, 1.165) is 17.1 Å². The monoisotopic (exact) mass is 288 g/mol. The van der Waals surface area contributed by atoms with Crippen LogP contribution in [0.3, 0.4) is 0 Å². The number of nitrogens with zero attached hydrogens (tertiary/aromatic N) is 4. The average molecular weight is 289 g/mol. The lowest BCUT2D eigenvalue weighted by Crippen LogP contribution is -1.98. The standard InChI is InChI=1S/C13H9ClN4O2/c1-7-15-11(14)5-12-16-17-13(18(7)12)8-2-3-9-10(4-8)20-6-19-9/h2-5H,6H2,1H3. The first-order valence-electron chi connectivity index (χ1n) is 6.01. The van der Waals surface area contributed by atoms with Crippen molar-refractivity contribution in [2.24, 2.45) is 0 Å². The Morgan fingerprint density at radius 3 is 2.90 bits per heavy atom. The number of rotatable bonds is 1. The van der Waals surface area contributed by atoms with Gasteiger partial charge in [-0.3, -0.25) is 4.40 Å². The van der Waals surface area contributed by atoms with Gasteiger partial charge in [0, 0.05) is 11.6 Å². The predicted molar refractivity (Wildman–Crippen MR) is 72.1 cm³/mol. The van der Waals surface area contributed by atoms with Crippen LogP contribution in [-0.4, -0.2) is 26.4 Å². The number of ether oxygens (including phenoxy) is 2. The van der Waals surface area contributed by atoms with Gasteiger partial charge in [0.25, 0.3) is 0 Å². The lowest BCUT2D eigenvalue weighted by Gasteiger charge is -2.04. The maximum absolute atomic E-state index is 5.93. The Hall–Kier alpha value is -2.34. The van der Waals surface area contributed by atoms with Crippen LogP contribution in [0.2, 0.25) is 5.15 Å². The van der Waals surface area contributed by atoms with Crippen LogP contribution >= 0.6 is 11.6 Å². The smallest absolute Gasteiger partial charge is 0.231 e. The summed E-state index contributed by atoms with van der Waals surface area (Å²) < 4.78 is 12.5. The Kier molecular flexibility index (Phi) is 2.34. The van der Waals surface area contributed by atoms with Crippen molar-refractivity contribution in [3.8, 4) is 22.9 Å². The Labute approximate surface area is 118 Å². The Morgan fingerprint density at radius 2 is 2.00 bits per heavy atom. The fourth-order valence-corrected chi connectivity index (χ4v) is 2.49. The van der Waals surface area contributed by atoms with Gasteiger partial charge >= 0.3 is 0 Å². The molecule has 1 aliphatic rings. The van der Waals surface area contributed by atoms with Gasteiger partial charge in [-0.2, -0.15) is 0 Å². The lowest BCUT2D eigenvalue weighted by atomic mass is 10.2. The summed E-state index contributed by atoms with van der Waals surface area (Å²) in [4.78, 5) is 4.23. The van der Waals surface area contributed by atoms with E-state index in [2.05, 4.69) is 15.2 Å². The van der Waals surface area contributed by atoms with Crippen LogP contribution < -0.4 is 9.47 Å². The maximum atomic E-state index is 5.93. The van der Waals surface area contributed by atoms with Crippen molar-refractivity contribution in [1.29, 1.82) is 0 Å². The molecular weight excluding hydrogens is 280 g/mol. The molecule has 0 spiro atoms. The minimum atomic E-state index is 0.246. The molecular formula is C13H9ClN4O2. The zero-order valence-electron chi connectivity index (χ0n) is 10.5. The second-order valence-electron chi connectivity index (χ2n) is 4.41. The van der Waals surface area contributed by atoms with Crippen LogP contribution in [0.1, 0.15) is 5.82 Å². The molecule has 0 aliphatic carbocycles. The number of benzene rings is 1.